The van der Waals surface area contributed by atoms with E-state index in [1.54, 1.807) is 0 Å². The van der Waals surface area contributed by atoms with Gasteiger partial charge in [0.15, 0.2) is 0 Å². The van der Waals surface area contributed by atoms with Crippen LogP contribution in [0.5, 0.6) is 0 Å². The second kappa shape index (κ2) is 15.6. The van der Waals surface area contributed by atoms with Gasteiger partial charge in [0, 0.05) is 55.7 Å². The Morgan fingerprint density at radius 3 is 1.32 bits per heavy atom. The molecule has 0 unspecified atom stereocenters. The van der Waals surface area contributed by atoms with Crippen LogP contribution in [0.15, 0.2) is 218 Å². The van der Waals surface area contributed by atoms with Gasteiger partial charge in [-0.2, -0.15) is 0 Å². The third-order valence-corrected chi connectivity index (χ3v) is 15.8. The van der Waals surface area contributed by atoms with Crippen molar-refractivity contribution in [2.24, 2.45) is 0 Å². The average Bonchev–Trinajstić information content (AvgIpc) is 3.91. The fraction of sp³-hybridized carbons (Fsp3) is 0.118. The third kappa shape index (κ3) is 6.44. The lowest BCUT2D eigenvalue weighted by molar-refractivity contribution is 0.590. The molecule has 0 saturated carbocycles. The Bertz CT molecular complexity index is 4090. The van der Waals surface area contributed by atoms with Crippen molar-refractivity contribution < 1.29 is 0 Å². The van der Waals surface area contributed by atoms with Crippen molar-refractivity contribution in [2.75, 3.05) is 9.80 Å². The first-order valence-corrected chi connectivity index (χ1v) is 25.5. The SMILES string of the molecule is CC(C)(C)c1ccc2c(c1)c1cc(C(C)(C)C)cc3c4cc5c(cc4n2c13)N(c1ccc(-c2ccccc2)cc1)c1cccc2c1B5c1cc(-c3ccccc3)ccc1N2c1ccc(-c2ccccc2)cc1. The van der Waals surface area contributed by atoms with Gasteiger partial charge in [0.05, 0.1) is 16.6 Å². The summed E-state index contributed by atoms with van der Waals surface area (Å²) < 4.78 is 2.58. The summed E-state index contributed by atoms with van der Waals surface area (Å²) in [6.07, 6.45) is 0. The molecular weight excluding hydrogens is 870 g/mol. The normalized spacial score (nSPS) is 13.3. The standard InChI is InChI=1S/C68H54BN3/c1-67(2,3)49-30-36-59-53(38-49)55-39-50(68(4,5)6)40-56-54-41-58-64(42-63(54)72(59)66(55)56)71(52-33-27-47(28-34-52)44-19-12-8-13-20-44)62-24-16-23-61-65(62)69(58)57-37-48(45-21-14-9-15-22-45)29-35-60(57)70(61)51-31-25-46(26-32-51)43-17-10-7-11-18-43/h7-42H,1-6H3. The fourth-order valence-electron chi connectivity index (χ4n) is 12.1. The van der Waals surface area contributed by atoms with Gasteiger partial charge in [-0.15, -0.1) is 0 Å². The van der Waals surface area contributed by atoms with E-state index in [1.807, 2.05) is 0 Å². The van der Waals surface area contributed by atoms with Gasteiger partial charge in [-0.25, -0.2) is 0 Å². The lowest BCUT2D eigenvalue weighted by atomic mass is 9.33. The summed E-state index contributed by atoms with van der Waals surface area (Å²) in [4.78, 5) is 5.08. The first kappa shape index (κ1) is 42.5. The van der Waals surface area contributed by atoms with Gasteiger partial charge in [-0.1, -0.05) is 187 Å². The number of aromatic nitrogens is 1. The van der Waals surface area contributed by atoms with Crippen LogP contribution in [0, 0.1) is 0 Å². The molecule has 3 nitrogen and oxygen atoms in total. The maximum Gasteiger partial charge on any atom is 0.252 e. The molecule has 2 aliphatic heterocycles. The maximum atomic E-state index is 2.59. The smallest absolute Gasteiger partial charge is 0.252 e. The molecule has 0 atom stereocenters. The number of rotatable bonds is 5. The van der Waals surface area contributed by atoms with E-state index in [2.05, 4.69) is 274 Å². The average molecular weight is 924 g/mol. The third-order valence-electron chi connectivity index (χ3n) is 15.8. The topological polar surface area (TPSA) is 10.9 Å². The largest absolute Gasteiger partial charge is 0.311 e. The van der Waals surface area contributed by atoms with Crippen molar-refractivity contribution in [3.8, 4) is 33.4 Å². The van der Waals surface area contributed by atoms with Gasteiger partial charge in [0.25, 0.3) is 6.71 Å². The zero-order valence-electron chi connectivity index (χ0n) is 41.7. The van der Waals surface area contributed by atoms with E-state index in [9.17, 15) is 0 Å². The molecule has 0 amide bonds. The van der Waals surface area contributed by atoms with E-state index < -0.39 is 0 Å². The quantitative estimate of drug-likeness (QED) is 0.159. The highest BCUT2D eigenvalue weighted by Gasteiger charge is 2.44. The molecule has 344 valence electrons. The Hall–Kier alpha value is -8.34. The number of hydrogen-bond acceptors (Lipinski definition) is 2. The lowest BCUT2D eigenvalue weighted by Crippen LogP contribution is -2.61. The van der Waals surface area contributed by atoms with Gasteiger partial charge in [0.2, 0.25) is 0 Å². The van der Waals surface area contributed by atoms with Crippen molar-refractivity contribution in [1.29, 1.82) is 0 Å². The van der Waals surface area contributed by atoms with E-state index in [-0.39, 0.29) is 17.5 Å². The highest BCUT2D eigenvalue weighted by atomic mass is 15.2. The van der Waals surface area contributed by atoms with Gasteiger partial charge in [-0.05, 0) is 145 Å². The number of nitrogens with zero attached hydrogens (tertiary/aromatic N) is 3. The van der Waals surface area contributed by atoms with Crippen molar-refractivity contribution >= 4 is 95.3 Å². The first-order valence-electron chi connectivity index (χ1n) is 25.5. The molecule has 0 saturated heterocycles. The molecule has 4 heterocycles. The molecule has 0 fully saturated rings. The Balaban J connectivity index is 1.08. The second-order valence-electron chi connectivity index (χ2n) is 22.2. The van der Waals surface area contributed by atoms with Crippen molar-refractivity contribution in [3.05, 3.63) is 230 Å². The van der Waals surface area contributed by atoms with Crippen LogP contribution in [0.1, 0.15) is 52.7 Å². The van der Waals surface area contributed by atoms with Crippen LogP contribution in [-0.2, 0) is 10.8 Å². The summed E-state index contributed by atoms with van der Waals surface area (Å²) in [5.41, 5.74) is 24.7. The zero-order valence-corrected chi connectivity index (χ0v) is 41.7. The van der Waals surface area contributed by atoms with Crippen molar-refractivity contribution in [2.45, 2.75) is 52.4 Å². The van der Waals surface area contributed by atoms with Crippen LogP contribution in [-0.4, -0.2) is 11.1 Å². The molecule has 0 bridgehead atoms. The summed E-state index contributed by atoms with van der Waals surface area (Å²) in [5, 5.41) is 5.26. The molecule has 0 radical (unpaired) electrons. The molecule has 0 aliphatic carbocycles. The first-order chi connectivity index (χ1) is 35.0. The molecule has 2 aliphatic rings. The van der Waals surface area contributed by atoms with E-state index in [0.29, 0.717) is 0 Å². The number of benzene rings is 10. The van der Waals surface area contributed by atoms with E-state index in [0.717, 1.165) is 11.4 Å². The molecule has 14 rings (SSSR count). The minimum atomic E-state index is -0.0535. The van der Waals surface area contributed by atoms with Gasteiger partial charge >= 0.3 is 0 Å². The van der Waals surface area contributed by atoms with Crippen LogP contribution in [0.2, 0.25) is 0 Å². The molecule has 10 aromatic carbocycles. The predicted molar refractivity (Wildman–Crippen MR) is 309 cm³/mol. The lowest BCUT2D eigenvalue weighted by Gasteiger charge is -2.44. The van der Waals surface area contributed by atoms with Gasteiger partial charge in [-0.3, -0.25) is 0 Å². The van der Waals surface area contributed by atoms with Crippen LogP contribution >= 0.6 is 0 Å². The Morgan fingerprint density at radius 1 is 0.319 bits per heavy atom. The zero-order chi connectivity index (χ0) is 48.6. The monoisotopic (exact) mass is 923 g/mol. The molecule has 0 spiro atoms. The summed E-state index contributed by atoms with van der Waals surface area (Å²) in [7, 11) is 0. The van der Waals surface area contributed by atoms with Gasteiger partial charge in [0.1, 0.15) is 0 Å². The van der Waals surface area contributed by atoms with Crippen LogP contribution < -0.4 is 26.2 Å². The highest BCUT2D eigenvalue weighted by Crippen LogP contribution is 2.48. The number of anilines is 6. The fourth-order valence-corrected chi connectivity index (χ4v) is 12.1. The molecular formula is C68H54BN3. The highest BCUT2D eigenvalue weighted by molar-refractivity contribution is 7.00. The minimum absolute atomic E-state index is 0.0227. The van der Waals surface area contributed by atoms with E-state index >= 15 is 0 Å². The number of hydrogen-bond donors (Lipinski definition) is 0. The Labute approximate surface area is 422 Å². The summed E-state index contributed by atoms with van der Waals surface area (Å²) in [6.45, 7) is 14.0. The summed E-state index contributed by atoms with van der Waals surface area (Å²) in [6, 6.07) is 82.2. The minimum Gasteiger partial charge on any atom is -0.311 e. The Morgan fingerprint density at radius 2 is 0.778 bits per heavy atom. The maximum absolute atomic E-state index is 2.59. The second-order valence-corrected chi connectivity index (χ2v) is 22.2. The molecule has 12 aromatic rings. The van der Waals surface area contributed by atoms with Crippen LogP contribution in [0.3, 0.4) is 0 Å². The van der Waals surface area contributed by atoms with E-state index in [4.69, 9.17) is 0 Å². The van der Waals surface area contributed by atoms with Crippen LogP contribution in [0.4, 0.5) is 34.1 Å². The van der Waals surface area contributed by atoms with Gasteiger partial charge < -0.3 is 14.2 Å². The van der Waals surface area contributed by atoms with Crippen molar-refractivity contribution in [3.63, 3.8) is 0 Å². The predicted octanol–water partition coefficient (Wildman–Crippen LogP) is 16.5. The van der Waals surface area contributed by atoms with E-state index in [1.165, 1.54) is 122 Å². The van der Waals surface area contributed by atoms with Crippen LogP contribution in [0.25, 0.3) is 71.5 Å². The number of fused-ring (bicyclic) bond motifs is 10. The molecule has 0 N–H and O–H groups in total. The molecule has 4 heteroatoms. The van der Waals surface area contributed by atoms with Crippen molar-refractivity contribution in [1.82, 2.24) is 4.40 Å². The Kier molecular flexibility index (Phi) is 9.21. The summed E-state index contributed by atoms with van der Waals surface area (Å²) in [5.74, 6) is 0. The molecule has 72 heavy (non-hydrogen) atoms. The summed E-state index contributed by atoms with van der Waals surface area (Å²) >= 11 is 0. The molecule has 2 aromatic heterocycles.